The predicted octanol–water partition coefficient (Wildman–Crippen LogP) is 2.90. The Morgan fingerprint density at radius 1 is 1.27 bits per heavy atom. The minimum absolute atomic E-state index is 0.00638. The average molecular weight is 330 g/mol. The number of carbonyl (C=O) groups excluding carboxylic acids is 1. The molecule has 0 aromatic carbocycles. The molecule has 6 nitrogen and oxygen atoms in total. The van der Waals surface area contributed by atoms with E-state index in [0.717, 1.165) is 6.42 Å². The van der Waals surface area contributed by atoms with Gasteiger partial charge in [0.1, 0.15) is 4.75 Å². The molecular weight excluding hydrogens is 304 g/mol. The lowest BCUT2D eigenvalue weighted by atomic mass is 9.92. The van der Waals surface area contributed by atoms with Crippen LogP contribution in [0, 0.1) is 0 Å². The van der Waals surface area contributed by atoms with Crippen LogP contribution in [0.1, 0.15) is 60.1 Å². The van der Waals surface area contributed by atoms with Gasteiger partial charge in [0.15, 0.2) is 9.84 Å². The molecule has 0 aliphatic carbocycles. The highest BCUT2D eigenvalue weighted by atomic mass is 32.2. The van der Waals surface area contributed by atoms with E-state index in [1.807, 2.05) is 27.7 Å². The fraction of sp³-hybridized carbons (Fsp3) is 0.733. The van der Waals surface area contributed by atoms with E-state index >= 15 is 0 Å². The van der Waals surface area contributed by atoms with Gasteiger partial charge in [-0.25, -0.2) is 8.42 Å². The van der Waals surface area contributed by atoms with E-state index in [1.54, 1.807) is 6.07 Å². The quantitative estimate of drug-likeness (QED) is 0.866. The first-order valence-corrected chi connectivity index (χ1v) is 9.08. The number of rotatable bonds is 6. The largest absolute Gasteiger partial charge is 0.338 e. The zero-order valence-corrected chi connectivity index (χ0v) is 15.0. The Morgan fingerprint density at radius 3 is 2.32 bits per heavy atom. The summed E-state index contributed by atoms with van der Waals surface area (Å²) in [4.78, 5) is 12.3. The van der Waals surface area contributed by atoms with Crippen molar-refractivity contribution in [2.75, 3.05) is 11.1 Å². The third-order valence-electron chi connectivity index (χ3n) is 3.61. The molecule has 0 aliphatic heterocycles. The molecule has 0 aliphatic rings. The second-order valence-corrected chi connectivity index (χ2v) is 9.62. The van der Waals surface area contributed by atoms with Crippen molar-refractivity contribution in [3.8, 4) is 0 Å². The van der Waals surface area contributed by atoms with E-state index in [9.17, 15) is 13.2 Å². The van der Waals surface area contributed by atoms with Gasteiger partial charge < -0.3 is 4.52 Å². The van der Waals surface area contributed by atoms with E-state index < -0.39 is 20.5 Å². The van der Waals surface area contributed by atoms with Gasteiger partial charge in [0.2, 0.25) is 11.8 Å². The summed E-state index contributed by atoms with van der Waals surface area (Å²) >= 11 is 0. The number of amides is 1. The summed E-state index contributed by atoms with van der Waals surface area (Å²) in [6.07, 6.45) is 1.30. The van der Waals surface area contributed by atoms with Gasteiger partial charge in [0, 0.05) is 11.5 Å². The highest BCUT2D eigenvalue weighted by Gasteiger charge is 2.41. The van der Waals surface area contributed by atoms with E-state index in [4.69, 9.17) is 4.52 Å². The summed E-state index contributed by atoms with van der Waals surface area (Å²) in [6, 6.07) is 1.62. The fourth-order valence-electron chi connectivity index (χ4n) is 1.68. The van der Waals surface area contributed by atoms with Crippen molar-refractivity contribution < 1.29 is 17.7 Å². The maximum atomic E-state index is 12.3. The van der Waals surface area contributed by atoms with Gasteiger partial charge in [-0.15, -0.1) is 0 Å². The van der Waals surface area contributed by atoms with Crippen molar-refractivity contribution in [3.63, 3.8) is 0 Å². The highest BCUT2D eigenvalue weighted by molar-refractivity contribution is 7.93. The number of anilines is 1. The Morgan fingerprint density at radius 2 is 1.86 bits per heavy atom. The number of aromatic nitrogens is 1. The van der Waals surface area contributed by atoms with Crippen molar-refractivity contribution in [1.29, 1.82) is 0 Å². The number of nitrogens with zero attached hydrogens (tertiary/aromatic N) is 1. The second kappa shape index (κ2) is 6.40. The number of hydrogen-bond acceptors (Lipinski definition) is 5. The van der Waals surface area contributed by atoms with Crippen LogP contribution in [0.4, 0.5) is 5.88 Å². The molecule has 0 fully saturated rings. The molecule has 126 valence electrons. The lowest BCUT2D eigenvalue weighted by Gasteiger charge is -2.22. The van der Waals surface area contributed by atoms with Gasteiger partial charge in [0.05, 0.1) is 11.4 Å². The van der Waals surface area contributed by atoms with E-state index in [1.165, 1.54) is 13.8 Å². The summed E-state index contributed by atoms with van der Waals surface area (Å²) in [7, 11) is -3.54. The summed E-state index contributed by atoms with van der Waals surface area (Å²) < 4.78 is 28.2. The maximum absolute atomic E-state index is 12.3. The molecule has 0 unspecified atom stereocenters. The smallest absolute Gasteiger partial charge is 0.247 e. The van der Waals surface area contributed by atoms with E-state index in [0.29, 0.717) is 12.1 Å². The summed E-state index contributed by atoms with van der Waals surface area (Å²) in [6.45, 7) is 10.6. The summed E-state index contributed by atoms with van der Waals surface area (Å²) in [5, 5.41) is 6.41. The molecule has 1 aromatic heterocycles. The minimum atomic E-state index is -3.54. The Bertz CT molecular complexity index is 624. The minimum Gasteiger partial charge on any atom is -0.338 e. The van der Waals surface area contributed by atoms with E-state index in [2.05, 4.69) is 10.5 Å². The molecule has 0 radical (unpaired) electrons. The fourth-order valence-corrected chi connectivity index (χ4v) is 3.19. The zero-order chi connectivity index (χ0) is 17.2. The molecule has 0 atom stereocenters. The molecule has 0 bridgehead atoms. The normalized spacial score (nSPS) is 13.2. The van der Waals surface area contributed by atoms with Crippen LogP contribution < -0.4 is 5.32 Å². The average Bonchev–Trinajstić information content (AvgIpc) is 2.84. The first-order chi connectivity index (χ1) is 9.91. The van der Waals surface area contributed by atoms with Gasteiger partial charge in [-0.2, -0.15) is 0 Å². The first kappa shape index (κ1) is 18.7. The standard InChI is InChI=1S/C15H26N2O4S/c1-7-8-9-22(19,20)15(5,6)13(18)16-12-10-11(17-21-12)14(2,3)4/h10H,7-9H2,1-6H3,(H,16,18). The van der Waals surface area contributed by atoms with Crippen LogP contribution in [0.5, 0.6) is 0 Å². The molecule has 1 aromatic rings. The first-order valence-electron chi connectivity index (χ1n) is 7.43. The monoisotopic (exact) mass is 330 g/mol. The molecule has 1 N–H and O–H groups in total. The van der Waals surface area contributed by atoms with Crippen LogP contribution in [0.15, 0.2) is 10.6 Å². The van der Waals surface area contributed by atoms with Crippen LogP contribution in [0.25, 0.3) is 0 Å². The molecule has 22 heavy (non-hydrogen) atoms. The Balaban J connectivity index is 2.90. The van der Waals surface area contributed by atoms with Crippen LogP contribution in [-0.4, -0.2) is 30.0 Å². The Hall–Kier alpha value is -1.37. The number of hydrogen-bond donors (Lipinski definition) is 1. The third kappa shape index (κ3) is 4.09. The van der Waals surface area contributed by atoms with Gasteiger partial charge in [-0.3, -0.25) is 10.1 Å². The number of carbonyl (C=O) groups is 1. The highest BCUT2D eigenvalue weighted by Crippen LogP contribution is 2.25. The Kier molecular flexibility index (Phi) is 5.43. The summed E-state index contributed by atoms with van der Waals surface area (Å²) in [5.74, 6) is -0.456. The van der Waals surface area contributed by atoms with Crippen LogP contribution >= 0.6 is 0 Å². The van der Waals surface area contributed by atoms with Gasteiger partial charge >= 0.3 is 0 Å². The van der Waals surface area contributed by atoms with Crippen molar-refractivity contribution >= 4 is 21.6 Å². The van der Waals surface area contributed by atoms with Crippen LogP contribution in [0.2, 0.25) is 0 Å². The predicted molar refractivity (Wildman–Crippen MR) is 86.6 cm³/mol. The molecule has 0 saturated heterocycles. The van der Waals surface area contributed by atoms with Crippen molar-refractivity contribution in [2.45, 2.75) is 64.5 Å². The van der Waals surface area contributed by atoms with Crippen LogP contribution in [-0.2, 0) is 20.0 Å². The van der Waals surface area contributed by atoms with Gasteiger partial charge in [0.25, 0.3) is 0 Å². The molecular formula is C15H26N2O4S. The van der Waals surface area contributed by atoms with Crippen molar-refractivity contribution in [1.82, 2.24) is 5.16 Å². The molecule has 1 rings (SSSR count). The number of nitrogens with one attached hydrogen (secondary N) is 1. The molecule has 7 heteroatoms. The molecule has 1 amide bonds. The third-order valence-corrected chi connectivity index (χ3v) is 6.17. The SMILES string of the molecule is CCCCS(=O)(=O)C(C)(C)C(=O)Nc1cc(C(C)(C)C)no1. The number of sulfone groups is 1. The zero-order valence-electron chi connectivity index (χ0n) is 14.2. The van der Waals surface area contributed by atoms with Gasteiger partial charge in [-0.05, 0) is 20.3 Å². The van der Waals surface area contributed by atoms with Crippen molar-refractivity contribution in [2.24, 2.45) is 0 Å². The Labute approximate surface area is 132 Å². The lowest BCUT2D eigenvalue weighted by Crippen LogP contribution is -2.45. The molecule has 1 heterocycles. The second-order valence-electron chi connectivity index (χ2n) is 6.96. The summed E-state index contributed by atoms with van der Waals surface area (Å²) in [5.41, 5.74) is 0.476. The van der Waals surface area contributed by atoms with E-state index in [-0.39, 0.29) is 17.1 Å². The topological polar surface area (TPSA) is 89.3 Å². The molecule has 0 spiro atoms. The van der Waals surface area contributed by atoms with Crippen molar-refractivity contribution in [3.05, 3.63) is 11.8 Å². The van der Waals surface area contributed by atoms with Crippen LogP contribution in [0.3, 0.4) is 0 Å². The van der Waals surface area contributed by atoms with Gasteiger partial charge in [-0.1, -0.05) is 39.3 Å². The molecule has 0 saturated carbocycles. The maximum Gasteiger partial charge on any atom is 0.247 e. The number of unbranched alkanes of at least 4 members (excludes halogenated alkanes) is 1. The lowest BCUT2D eigenvalue weighted by molar-refractivity contribution is -0.118.